The molecular formula is C16H13N5O. The van der Waals surface area contributed by atoms with E-state index in [1.807, 2.05) is 12.1 Å². The van der Waals surface area contributed by atoms with Gasteiger partial charge < -0.3 is 11.1 Å². The van der Waals surface area contributed by atoms with Crippen molar-refractivity contribution in [3.8, 4) is 11.5 Å². The van der Waals surface area contributed by atoms with Gasteiger partial charge in [0.2, 0.25) is 0 Å². The number of pyridine rings is 1. The smallest absolute Gasteiger partial charge is 0.256 e. The summed E-state index contributed by atoms with van der Waals surface area (Å²) < 4.78 is 0. The highest BCUT2D eigenvalue weighted by Gasteiger charge is 2.09. The Morgan fingerprint density at radius 1 is 1.00 bits per heavy atom. The van der Waals surface area contributed by atoms with Crippen LogP contribution in [0.3, 0.4) is 0 Å². The van der Waals surface area contributed by atoms with Crippen molar-refractivity contribution in [2.45, 2.75) is 0 Å². The largest absolute Gasteiger partial charge is 0.399 e. The van der Waals surface area contributed by atoms with Crippen LogP contribution in [-0.4, -0.2) is 20.9 Å². The van der Waals surface area contributed by atoms with E-state index in [0.717, 1.165) is 0 Å². The minimum atomic E-state index is -0.280. The molecule has 3 aromatic rings. The lowest BCUT2D eigenvalue weighted by Gasteiger charge is -2.06. The summed E-state index contributed by atoms with van der Waals surface area (Å²) in [6.07, 6.45) is 3.24. The monoisotopic (exact) mass is 291 g/mol. The number of carbonyl (C=O) groups excluding carboxylic acids is 1. The summed E-state index contributed by atoms with van der Waals surface area (Å²) in [6, 6.07) is 13.8. The Labute approximate surface area is 127 Å². The van der Waals surface area contributed by atoms with E-state index in [1.54, 1.807) is 48.8 Å². The number of carbonyl (C=O) groups is 1. The van der Waals surface area contributed by atoms with Gasteiger partial charge in [0, 0.05) is 23.6 Å². The maximum absolute atomic E-state index is 12.2. The molecule has 0 radical (unpaired) electrons. The summed E-state index contributed by atoms with van der Waals surface area (Å²) in [5.74, 6) is 0.576. The van der Waals surface area contributed by atoms with Crippen LogP contribution in [0.15, 0.2) is 60.9 Å². The predicted molar refractivity (Wildman–Crippen MR) is 84.1 cm³/mol. The van der Waals surface area contributed by atoms with Gasteiger partial charge in [0.05, 0.1) is 0 Å². The molecule has 0 unspecified atom stereocenters. The third-order valence-corrected chi connectivity index (χ3v) is 2.94. The van der Waals surface area contributed by atoms with Gasteiger partial charge in [-0.2, -0.15) is 0 Å². The quantitative estimate of drug-likeness (QED) is 0.722. The Morgan fingerprint density at radius 2 is 1.91 bits per heavy atom. The van der Waals surface area contributed by atoms with Gasteiger partial charge >= 0.3 is 0 Å². The molecule has 3 rings (SSSR count). The first-order valence-corrected chi connectivity index (χ1v) is 6.64. The van der Waals surface area contributed by atoms with E-state index in [2.05, 4.69) is 20.3 Å². The summed E-state index contributed by atoms with van der Waals surface area (Å²) in [7, 11) is 0. The number of amides is 1. The minimum Gasteiger partial charge on any atom is -0.399 e. The summed E-state index contributed by atoms with van der Waals surface area (Å²) in [6.45, 7) is 0. The number of nitrogens with two attached hydrogens (primary N) is 1. The third-order valence-electron chi connectivity index (χ3n) is 2.94. The highest BCUT2D eigenvalue weighted by atomic mass is 16.1. The van der Waals surface area contributed by atoms with Crippen molar-refractivity contribution in [2.24, 2.45) is 0 Å². The van der Waals surface area contributed by atoms with E-state index in [-0.39, 0.29) is 5.91 Å². The summed E-state index contributed by atoms with van der Waals surface area (Å²) in [5.41, 5.74) is 7.32. The van der Waals surface area contributed by atoms with Gasteiger partial charge in [0.1, 0.15) is 11.5 Å². The average molecular weight is 291 g/mol. The van der Waals surface area contributed by atoms with Crippen molar-refractivity contribution in [1.29, 1.82) is 0 Å². The standard InChI is InChI=1S/C16H13N5O/c17-12-5-3-4-11(10-12)16(22)21-14-7-9-19-15(20-14)13-6-1-2-8-18-13/h1-10H,17H2,(H,19,20,21,22). The molecule has 22 heavy (non-hydrogen) atoms. The molecule has 0 spiro atoms. The van der Waals surface area contributed by atoms with Crippen LogP contribution >= 0.6 is 0 Å². The van der Waals surface area contributed by atoms with Crippen molar-refractivity contribution >= 4 is 17.4 Å². The van der Waals surface area contributed by atoms with Gasteiger partial charge in [-0.15, -0.1) is 0 Å². The molecule has 0 aliphatic rings. The zero-order valence-electron chi connectivity index (χ0n) is 11.6. The molecule has 0 aliphatic heterocycles. The normalized spacial score (nSPS) is 10.2. The van der Waals surface area contributed by atoms with Crippen molar-refractivity contribution in [1.82, 2.24) is 15.0 Å². The van der Waals surface area contributed by atoms with E-state index < -0.39 is 0 Å². The molecule has 0 aliphatic carbocycles. The summed E-state index contributed by atoms with van der Waals surface area (Å²) in [4.78, 5) is 24.8. The summed E-state index contributed by atoms with van der Waals surface area (Å²) in [5, 5.41) is 2.72. The zero-order valence-corrected chi connectivity index (χ0v) is 11.6. The van der Waals surface area contributed by atoms with E-state index in [0.29, 0.717) is 28.6 Å². The fraction of sp³-hybridized carbons (Fsp3) is 0. The highest BCUT2D eigenvalue weighted by Crippen LogP contribution is 2.14. The molecule has 0 bridgehead atoms. The number of aromatic nitrogens is 3. The van der Waals surface area contributed by atoms with Crippen LogP contribution in [0.2, 0.25) is 0 Å². The molecule has 108 valence electrons. The molecule has 0 fully saturated rings. The van der Waals surface area contributed by atoms with E-state index in [4.69, 9.17) is 5.73 Å². The average Bonchev–Trinajstić information content (AvgIpc) is 2.56. The van der Waals surface area contributed by atoms with Gasteiger partial charge in [-0.3, -0.25) is 9.78 Å². The second-order valence-electron chi connectivity index (χ2n) is 4.56. The molecule has 0 saturated carbocycles. The molecule has 2 aromatic heterocycles. The Hall–Kier alpha value is -3.28. The van der Waals surface area contributed by atoms with E-state index in [1.165, 1.54) is 0 Å². The topological polar surface area (TPSA) is 93.8 Å². The van der Waals surface area contributed by atoms with Crippen molar-refractivity contribution in [2.75, 3.05) is 11.1 Å². The number of nitrogens with one attached hydrogen (secondary N) is 1. The number of hydrogen-bond acceptors (Lipinski definition) is 5. The van der Waals surface area contributed by atoms with Crippen LogP contribution in [0, 0.1) is 0 Å². The predicted octanol–water partition coefficient (Wildman–Crippen LogP) is 2.37. The van der Waals surface area contributed by atoms with Crippen LogP contribution in [-0.2, 0) is 0 Å². The number of benzene rings is 1. The number of nitrogens with zero attached hydrogens (tertiary/aromatic N) is 3. The summed E-state index contributed by atoms with van der Waals surface area (Å²) >= 11 is 0. The SMILES string of the molecule is Nc1cccc(C(=O)Nc2ccnc(-c3ccccn3)n2)c1. The van der Waals surface area contributed by atoms with Gasteiger partial charge in [-0.1, -0.05) is 12.1 Å². The Morgan fingerprint density at radius 3 is 2.68 bits per heavy atom. The molecule has 3 N–H and O–H groups in total. The minimum absolute atomic E-state index is 0.280. The Kier molecular flexibility index (Phi) is 3.74. The van der Waals surface area contributed by atoms with E-state index in [9.17, 15) is 4.79 Å². The number of rotatable bonds is 3. The first-order chi connectivity index (χ1) is 10.7. The van der Waals surface area contributed by atoms with Gasteiger partial charge in [-0.05, 0) is 36.4 Å². The second-order valence-corrected chi connectivity index (χ2v) is 4.56. The van der Waals surface area contributed by atoms with Crippen LogP contribution in [0.5, 0.6) is 0 Å². The van der Waals surface area contributed by atoms with E-state index >= 15 is 0 Å². The first-order valence-electron chi connectivity index (χ1n) is 6.64. The molecular weight excluding hydrogens is 278 g/mol. The highest BCUT2D eigenvalue weighted by molar-refractivity contribution is 6.04. The Balaban J connectivity index is 1.83. The van der Waals surface area contributed by atoms with Crippen LogP contribution in [0.25, 0.3) is 11.5 Å². The van der Waals surface area contributed by atoms with Crippen LogP contribution in [0.4, 0.5) is 11.5 Å². The lowest BCUT2D eigenvalue weighted by atomic mass is 10.2. The number of nitrogen functional groups attached to an aromatic ring is 1. The molecule has 0 atom stereocenters. The molecule has 1 aromatic carbocycles. The molecule has 0 saturated heterocycles. The van der Waals surface area contributed by atoms with Crippen LogP contribution in [0.1, 0.15) is 10.4 Å². The number of hydrogen-bond donors (Lipinski definition) is 2. The van der Waals surface area contributed by atoms with Crippen molar-refractivity contribution < 1.29 is 4.79 Å². The van der Waals surface area contributed by atoms with Gasteiger partial charge in [0.25, 0.3) is 5.91 Å². The lowest BCUT2D eigenvalue weighted by molar-refractivity contribution is 0.102. The molecule has 2 heterocycles. The lowest BCUT2D eigenvalue weighted by Crippen LogP contribution is -2.13. The zero-order chi connectivity index (χ0) is 15.4. The molecule has 6 heteroatoms. The van der Waals surface area contributed by atoms with Crippen molar-refractivity contribution in [3.05, 3.63) is 66.5 Å². The van der Waals surface area contributed by atoms with Crippen molar-refractivity contribution in [3.63, 3.8) is 0 Å². The fourth-order valence-electron chi connectivity index (χ4n) is 1.92. The fourth-order valence-corrected chi connectivity index (χ4v) is 1.92. The molecule has 6 nitrogen and oxygen atoms in total. The maximum atomic E-state index is 12.2. The Bertz CT molecular complexity index is 804. The number of anilines is 2. The molecule has 1 amide bonds. The van der Waals surface area contributed by atoms with Gasteiger partial charge in [-0.25, -0.2) is 9.97 Å². The third kappa shape index (κ3) is 3.06. The van der Waals surface area contributed by atoms with Crippen LogP contribution < -0.4 is 11.1 Å². The first kappa shape index (κ1) is 13.7. The second kappa shape index (κ2) is 6.01. The maximum Gasteiger partial charge on any atom is 0.256 e. The van der Waals surface area contributed by atoms with Gasteiger partial charge in [0.15, 0.2) is 5.82 Å².